The minimum atomic E-state index is 0. The lowest BCUT2D eigenvalue weighted by molar-refractivity contribution is -0.669. The summed E-state index contributed by atoms with van der Waals surface area (Å²) in [5, 5.41) is 1.26. The van der Waals surface area contributed by atoms with Gasteiger partial charge in [-0.05, 0) is 44.2 Å². The molecule has 0 amide bonds. The van der Waals surface area contributed by atoms with Crippen molar-refractivity contribution in [3.8, 4) is 5.75 Å². The summed E-state index contributed by atoms with van der Waals surface area (Å²) in [6.07, 6.45) is 6.25. The van der Waals surface area contributed by atoms with Crippen molar-refractivity contribution in [3.05, 3.63) is 84.4 Å². The second-order valence-electron chi connectivity index (χ2n) is 6.24. The zero-order valence-electron chi connectivity index (χ0n) is 15.6. The van der Waals surface area contributed by atoms with Gasteiger partial charge in [-0.15, -0.1) is 0 Å². The van der Waals surface area contributed by atoms with Gasteiger partial charge in [0.2, 0.25) is 17.1 Å². The lowest BCUT2D eigenvalue weighted by Crippen LogP contribution is -3.00. The molecule has 0 radical (unpaired) electrons. The van der Waals surface area contributed by atoms with Gasteiger partial charge in [-0.2, -0.15) is 4.57 Å². The van der Waals surface area contributed by atoms with E-state index in [0.29, 0.717) is 0 Å². The molecule has 2 aromatic carbocycles. The van der Waals surface area contributed by atoms with Gasteiger partial charge in [0.25, 0.3) is 0 Å². The van der Waals surface area contributed by atoms with Gasteiger partial charge < -0.3 is 33.6 Å². The molecule has 0 fully saturated rings. The fourth-order valence-electron chi connectivity index (χ4n) is 3.51. The monoisotopic (exact) mass is 470 g/mol. The van der Waals surface area contributed by atoms with Crippen molar-refractivity contribution in [2.45, 2.75) is 20.4 Å². The smallest absolute Gasteiger partial charge is 0.212 e. The molecule has 1 aliphatic heterocycles. The Balaban J connectivity index is 0.00000210. The maximum Gasteiger partial charge on any atom is 0.212 e. The highest BCUT2D eigenvalue weighted by Gasteiger charge is 2.23. The van der Waals surface area contributed by atoms with Gasteiger partial charge in [-0.3, -0.25) is 0 Å². The van der Waals surface area contributed by atoms with Crippen LogP contribution in [0.25, 0.3) is 17.0 Å². The number of nitrogens with zero attached hydrogens (tertiary/aromatic N) is 2. The first-order valence-corrected chi connectivity index (χ1v) is 9.16. The Labute approximate surface area is 177 Å². The van der Waals surface area contributed by atoms with Crippen LogP contribution in [0.1, 0.15) is 19.5 Å². The summed E-state index contributed by atoms with van der Waals surface area (Å²) in [4.78, 5) is 2.19. The Bertz CT molecular complexity index is 1010. The fourth-order valence-corrected chi connectivity index (χ4v) is 3.51. The first-order chi connectivity index (χ1) is 12.8. The van der Waals surface area contributed by atoms with E-state index in [0.717, 1.165) is 30.4 Å². The number of rotatable bonds is 4. The standard InChI is InChI=1S/C23H23N2O.HI/c1-3-24-19(17-16-18-10-5-6-12-20(18)24)11-9-15-23-25(4-2)21-13-7-8-14-22(21)26-23;/h5-17H,3-4H2,1-2H3;1H/q+1;/p-1. The van der Waals surface area contributed by atoms with E-state index in [9.17, 15) is 0 Å². The Morgan fingerprint density at radius 1 is 0.963 bits per heavy atom. The molecule has 3 nitrogen and oxygen atoms in total. The molecule has 0 spiro atoms. The van der Waals surface area contributed by atoms with Crippen molar-refractivity contribution >= 4 is 22.7 Å². The van der Waals surface area contributed by atoms with Gasteiger partial charge in [0, 0.05) is 30.1 Å². The number of anilines is 1. The molecule has 138 valence electrons. The van der Waals surface area contributed by atoms with Crippen LogP contribution in [-0.4, -0.2) is 6.54 Å². The van der Waals surface area contributed by atoms with Crippen LogP contribution in [0.3, 0.4) is 0 Å². The van der Waals surface area contributed by atoms with Gasteiger partial charge >= 0.3 is 0 Å². The van der Waals surface area contributed by atoms with Crippen molar-refractivity contribution in [2.75, 3.05) is 11.4 Å². The highest BCUT2D eigenvalue weighted by molar-refractivity contribution is 5.76. The molecule has 0 unspecified atom stereocenters. The predicted octanol–water partition coefficient (Wildman–Crippen LogP) is 1.92. The van der Waals surface area contributed by atoms with Crippen LogP contribution in [0, 0.1) is 0 Å². The summed E-state index contributed by atoms with van der Waals surface area (Å²) < 4.78 is 8.33. The first-order valence-electron chi connectivity index (χ1n) is 9.16. The van der Waals surface area contributed by atoms with Crippen molar-refractivity contribution in [3.63, 3.8) is 0 Å². The van der Waals surface area contributed by atoms with E-state index in [1.165, 1.54) is 16.6 Å². The van der Waals surface area contributed by atoms with E-state index in [-0.39, 0.29) is 24.0 Å². The van der Waals surface area contributed by atoms with E-state index in [2.05, 4.69) is 77.9 Å². The van der Waals surface area contributed by atoms with Gasteiger partial charge in [0.1, 0.15) is 6.54 Å². The molecular formula is C23H23IN2O. The molecule has 0 saturated carbocycles. The van der Waals surface area contributed by atoms with Crippen molar-refractivity contribution in [2.24, 2.45) is 0 Å². The number of pyridine rings is 1. The molecule has 1 aromatic heterocycles. The summed E-state index contributed by atoms with van der Waals surface area (Å²) in [6.45, 7) is 6.12. The molecule has 1 aliphatic rings. The van der Waals surface area contributed by atoms with Crippen molar-refractivity contribution in [1.82, 2.24) is 0 Å². The lowest BCUT2D eigenvalue weighted by Gasteiger charge is -2.14. The van der Waals surface area contributed by atoms with Gasteiger partial charge in [-0.1, -0.05) is 30.3 Å². The average Bonchev–Trinajstić information content (AvgIpc) is 3.05. The predicted molar refractivity (Wildman–Crippen MR) is 107 cm³/mol. The number of aryl methyl sites for hydroxylation is 1. The number of ether oxygens (including phenoxy) is 1. The Morgan fingerprint density at radius 2 is 1.74 bits per heavy atom. The molecule has 0 atom stereocenters. The molecule has 0 aliphatic carbocycles. The number of hydrogen-bond acceptors (Lipinski definition) is 2. The quantitative estimate of drug-likeness (QED) is 0.428. The zero-order chi connectivity index (χ0) is 17.9. The topological polar surface area (TPSA) is 16.4 Å². The normalized spacial score (nSPS) is 14.4. The van der Waals surface area contributed by atoms with Crippen LogP contribution in [0.2, 0.25) is 0 Å². The second-order valence-corrected chi connectivity index (χ2v) is 6.24. The van der Waals surface area contributed by atoms with Crippen LogP contribution in [0.5, 0.6) is 5.75 Å². The molecule has 0 N–H and O–H groups in total. The molecular weight excluding hydrogens is 447 g/mol. The minimum absolute atomic E-state index is 0. The van der Waals surface area contributed by atoms with E-state index < -0.39 is 0 Å². The third-order valence-corrected chi connectivity index (χ3v) is 4.75. The fraction of sp³-hybridized carbons (Fsp3) is 0.174. The van der Waals surface area contributed by atoms with Crippen LogP contribution in [0.4, 0.5) is 5.69 Å². The number of fused-ring (bicyclic) bond motifs is 2. The van der Waals surface area contributed by atoms with E-state index in [4.69, 9.17) is 4.74 Å². The van der Waals surface area contributed by atoms with Crippen LogP contribution >= 0.6 is 0 Å². The summed E-state index contributed by atoms with van der Waals surface area (Å²) in [5.41, 5.74) is 3.56. The number of hydrogen-bond donors (Lipinski definition) is 0. The average molecular weight is 470 g/mol. The zero-order valence-corrected chi connectivity index (χ0v) is 17.8. The van der Waals surface area contributed by atoms with Gasteiger partial charge in [0.05, 0.1) is 5.69 Å². The maximum absolute atomic E-state index is 6.00. The molecule has 0 saturated heterocycles. The number of aromatic nitrogens is 1. The Hall–Kier alpha value is -2.34. The molecule has 0 bridgehead atoms. The van der Waals surface area contributed by atoms with E-state index in [1.807, 2.05) is 24.3 Å². The number of para-hydroxylation sites is 3. The van der Waals surface area contributed by atoms with Crippen LogP contribution in [-0.2, 0) is 6.54 Å². The molecule has 4 rings (SSSR count). The van der Waals surface area contributed by atoms with Gasteiger partial charge in [-0.25, -0.2) is 0 Å². The Morgan fingerprint density at radius 3 is 2.56 bits per heavy atom. The largest absolute Gasteiger partial charge is 1.00 e. The maximum atomic E-state index is 6.00. The second kappa shape index (κ2) is 8.57. The third-order valence-electron chi connectivity index (χ3n) is 4.75. The highest BCUT2D eigenvalue weighted by Crippen LogP contribution is 2.38. The van der Waals surface area contributed by atoms with Crippen LogP contribution in [0.15, 0.2) is 78.7 Å². The Kier molecular flexibility index (Phi) is 6.16. The number of benzene rings is 2. The van der Waals surface area contributed by atoms with E-state index in [1.54, 1.807) is 0 Å². The molecule has 27 heavy (non-hydrogen) atoms. The van der Waals surface area contributed by atoms with Crippen molar-refractivity contribution < 1.29 is 33.3 Å². The lowest BCUT2D eigenvalue weighted by atomic mass is 10.2. The van der Waals surface area contributed by atoms with Gasteiger partial charge in [0.15, 0.2) is 5.75 Å². The van der Waals surface area contributed by atoms with Crippen molar-refractivity contribution in [1.29, 1.82) is 0 Å². The molecule has 4 heteroatoms. The third kappa shape index (κ3) is 3.72. The number of halogens is 1. The first kappa shape index (κ1) is 19.4. The minimum Gasteiger partial charge on any atom is -1.00 e. The summed E-state index contributed by atoms with van der Waals surface area (Å²) in [5.74, 6) is 1.79. The summed E-state index contributed by atoms with van der Waals surface area (Å²) in [7, 11) is 0. The number of allylic oxidation sites excluding steroid dienone is 2. The van der Waals surface area contributed by atoms with Crippen LogP contribution < -0.4 is 38.2 Å². The van der Waals surface area contributed by atoms with E-state index >= 15 is 0 Å². The summed E-state index contributed by atoms with van der Waals surface area (Å²) >= 11 is 0. The summed E-state index contributed by atoms with van der Waals surface area (Å²) in [6, 6.07) is 21.0. The molecule has 3 aromatic rings. The molecule has 2 heterocycles. The SMILES string of the molecule is CCN1C(=CC=Cc2ccc3ccccc3[n+]2CC)Oc2ccccc21.[I-]. The highest BCUT2D eigenvalue weighted by atomic mass is 127.